The molecule has 0 spiro atoms. The maximum absolute atomic E-state index is 13.3. The lowest BCUT2D eigenvalue weighted by molar-refractivity contribution is 0.584. The monoisotopic (exact) mass is 328 g/mol. The lowest BCUT2D eigenvalue weighted by atomic mass is 10.1. The molecule has 2 heterocycles. The first kappa shape index (κ1) is 15.1. The summed E-state index contributed by atoms with van der Waals surface area (Å²) < 4.78 is 26.7. The van der Waals surface area contributed by atoms with Gasteiger partial charge in [0.25, 0.3) is 0 Å². The highest BCUT2D eigenvalue weighted by Gasteiger charge is 2.26. The molecule has 2 aromatic rings. The average molecular weight is 328 g/mol. The van der Waals surface area contributed by atoms with Gasteiger partial charge in [-0.2, -0.15) is 4.98 Å². The van der Waals surface area contributed by atoms with Crippen molar-refractivity contribution in [3.8, 4) is 0 Å². The van der Waals surface area contributed by atoms with Crippen LogP contribution in [0.2, 0.25) is 0 Å². The highest BCUT2D eigenvalue weighted by molar-refractivity contribution is 5.69. The van der Waals surface area contributed by atoms with Crippen LogP contribution < -0.4 is 10.2 Å². The predicted molar refractivity (Wildman–Crippen MR) is 90.3 cm³/mol. The Morgan fingerprint density at radius 3 is 2.58 bits per heavy atom. The summed E-state index contributed by atoms with van der Waals surface area (Å²) in [7, 11) is 0. The van der Waals surface area contributed by atoms with E-state index in [9.17, 15) is 8.78 Å². The molecule has 124 valence electrons. The summed E-state index contributed by atoms with van der Waals surface area (Å²) in [5.41, 5.74) is 1.27. The van der Waals surface area contributed by atoms with Crippen molar-refractivity contribution in [1.29, 1.82) is 0 Å². The smallest absolute Gasteiger partial charge is 0.229 e. The summed E-state index contributed by atoms with van der Waals surface area (Å²) in [6.07, 6.45) is 10.7. The van der Waals surface area contributed by atoms with Crippen LogP contribution in [0.15, 0.2) is 30.5 Å². The maximum Gasteiger partial charge on any atom is 0.229 e. The first-order chi connectivity index (χ1) is 11.7. The number of anilines is 3. The first-order valence-corrected chi connectivity index (χ1v) is 8.22. The highest BCUT2D eigenvalue weighted by atomic mass is 19.1. The fourth-order valence-corrected chi connectivity index (χ4v) is 3.46. The minimum Gasteiger partial charge on any atom is -0.349 e. The number of aromatic nitrogens is 2. The summed E-state index contributed by atoms with van der Waals surface area (Å²) in [5.74, 6) is -0.0345. The van der Waals surface area contributed by atoms with Gasteiger partial charge in [-0.05, 0) is 25.0 Å². The molecule has 0 atom stereocenters. The van der Waals surface area contributed by atoms with Gasteiger partial charge in [-0.15, -0.1) is 0 Å². The molecule has 1 saturated carbocycles. The molecule has 0 saturated heterocycles. The molecule has 1 aromatic heterocycles. The molecule has 24 heavy (non-hydrogen) atoms. The Hall–Kier alpha value is -2.50. The molecule has 1 N–H and O–H groups in total. The molecule has 1 fully saturated rings. The van der Waals surface area contributed by atoms with E-state index in [0.29, 0.717) is 17.7 Å². The van der Waals surface area contributed by atoms with Crippen molar-refractivity contribution in [2.45, 2.75) is 31.7 Å². The third-order valence-corrected chi connectivity index (χ3v) is 4.55. The summed E-state index contributed by atoms with van der Waals surface area (Å²) in [4.78, 5) is 11.2. The molecule has 0 amide bonds. The minimum absolute atomic E-state index is 0.297. The molecular weight excluding hydrogens is 310 g/mol. The quantitative estimate of drug-likeness (QED) is 0.913. The molecule has 0 bridgehead atoms. The van der Waals surface area contributed by atoms with Crippen LogP contribution in [0, 0.1) is 11.6 Å². The number of fused-ring (bicyclic) bond motifs is 1. The second-order valence-corrected chi connectivity index (χ2v) is 6.25. The van der Waals surface area contributed by atoms with E-state index in [2.05, 4.69) is 26.3 Å². The third-order valence-electron chi connectivity index (χ3n) is 4.55. The number of benzene rings is 1. The van der Waals surface area contributed by atoms with Crippen LogP contribution in [0.4, 0.5) is 26.2 Å². The predicted octanol–water partition coefficient (Wildman–Crippen LogP) is 4.27. The van der Waals surface area contributed by atoms with Gasteiger partial charge in [0.05, 0.1) is 0 Å². The zero-order valence-corrected chi connectivity index (χ0v) is 13.2. The van der Waals surface area contributed by atoms with Gasteiger partial charge >= 0.3 is 0 Å². The maximum atomic E-state index is 13.3. The number of hydrogen-bond acceptors (Lipinski definition) is 4. The minimum atomic E-state index is -0.633. The van der Waals surface area contributed by atoms with Gasteiger partial charge in [0, 0.05) is 36.1 Å². The van der Waals surface area contributed by atoms with Crippen LogP contribution in [-0.4, -0.2) is 22.6 Å². The fourth-order valence-electron chi connectivity index (χ4n) is 3.46. The molecule has 0 radical (unpaired) electrons. The first-order valence-electron chi connectivity index (χ1n) is 8.22. The Morgan fingerprint density at radius 1 is 1.08 bits per heavy atom. The Bertz CT molecular complexity index is 764. The van der Waals surface area contributed by atoms with Gasteiger partial charge in [-0.25, -0.2) is 13.8 Å². The summed E-state index contributed by atoms with van der Waals surface area (Å²) in [6, 6.07) is 3.79. The van der Waals surface area contributed by atoms with Gasteiger partial charge in [0.1, 0.15) is 17.5 Å². The van der Waals surface area contributed by atoms with Crippen molar-refractivity contribution in [1.82, 2.24) is 9.97 Å². The van der Waals surface area contributed by atoms with E-state index in [4.69, 9.17) is 0 Å². The second-order valence-electron chi connectivity index (χ2n) is 6.25. The zero-order chi connectivity index (χ0) is 16.5. The molecular formula is C18H18F2N4. The van der Waals surface area contributed by atoms with Gasteiger partial charge in [-0.1, -0.05) is 25.0 Å². The van der Waals surface area contributed by atoms with E-state index >= 15 is 0 Å². The van der Waals surface area contributed by atoms with E-state index in [0.717, 1.165) is 24.0 Å². The zero-order valence-electron chi connectivity index (χ0n) is 13.2. The molecule has 0 unspecified atom stereocenters. The van der Waals surface area contributed by atoms with Crippen molar-refractivity contribution >= 4 is 23.5 Å². The van der Waals surface area contributed by atoms with Crippen LogP contribution in [-0.2, 0) is 0 Å². The SMILES string of the molecule is Fc1cc(F)cc(Nc2ncc3c(n2)N(C2CCCC2)CC=C3)c1. The van der Waals surface area contributed by atoms with Crippen molar-refractivity contribution in [3.05, 3.63) is 47.7 Å². The van der Waals surface area contributed by atoms with Crippen molar-refractivity contribution in [2.24, 2.45) is 0 Å². The summed E-state index contributed by atoms with van der Waals surface area (Å²) >= 11 is 0. The van der Waals surface area contributed by atoms with Crippen molar-refractivity contribution in [3.63, 3.8) is 0 Å². The van der Waals surface area contributed by atoms with E-state index in [1.165, 1.54) is 37.8 Å². The number of nitrogens with one attached hydrogen (secondary N) is 1. The number of nitrogens with zero attached hydrogens (tertiary/aromatic N) is 3. The Labute approximate surface area is 139 Å². The van der Waals surface area contributed by atoms with E-state index < -0.39 is 11.6 Å². The molecule has 2 aliphatic rings. The van der Waals surface area contributed by atoms with Crippen LogP contribution in [0.3, 0.4) is 0 Å². The van der Waals surface area contributed by atoms with Gasteiger partial charge in [-0.3, -0.25) is 0 Å². The molecule has 4 rings (SSSR count). The lowest BCUT2D eigenvalue weighted by Crippen LogP contribution is -2.36. The van der Waals surface area contributed by atoms with E-state index in [1.807, 2.05) is 6.08 Å². The van der Waals surface area contributed by atoms with Gasteiger partial charge in [0.2, 0.25) is 5.95 Å². The Balaban J connectivity index is 1.64. The molecule has 6 heteroatoms. The Morgan fingerprint density at radius 2 is 1.83 bits per heavy atom. The van der Waals surface area contributed by atoms with Crippen LogP contribution in [0.5, 0.6) is 0 Å². The second kappa shape index (κ2) is 6.19. The topological polar surface area (TPSA) is 41.1 Å². The fraction of sp³-hybridized carbons (Fsp3) is 0.333. The number of rotatable bonds is 3. The number of hydrogen-bond donors (Lipinski definition) is 1. The molecule has 1 aliphatic carbocycles. The largest absolute Gasteiger partial charge is 0.349 e. The van der Waals surface area contributed by atoms with E-state index in [-0.39, 0.29) is 0 Å². The molecule has 4 nitrogen and oxygen atoms in total. The lowest BCUT2D eigenvalue weighted by Gasteiger charge is -2.32. The molecule has 1 aliphatic heterocycles. The van der Waals surface area contributed by atoms with E-state index in [1.54, 1.807) is 6.20 Å². The Kier molecular flexibility index (Phi) is 3.88. The van der Waals surface area contributed by atoms with Crippen molar-refractivity contribution < 1.29 is 8.78 Å². The normalized spacial score (nSPS) is 17.2. The van der Waals surface area contributed by atoms with Crippen LogP contribution in [0.25, 0.3) is 6.08 Å². The van der Waals surface area contributed by atoms with Gasteiger partial charge in [0.15, 0.2) is 0 Å². The third kappa shape index (κ3) is 2.96. The summed E-state index contributed by atoms with van der Waals surface area (Å²) in [6.45, 7) is 0.836. The average Bonchev–Trinajstić information content (AvgIpc) is 3.07. The summed E-state index contributed by atoms with van der Waals surface area (Å²) in [5, 5.41) is 2.89. The number of halogens is 2. The standard InChI is InChI=1S/C18H18F2N4/c19-13-8-14(20)10-15(9-13)22-18-21-11-12-4-3-7-24(17(12)23-18)16-5-1-2-6-16/h3-4,8-11,16H,1-2,5-7H2,(H,21,22,23). The van der Waals surface area contributed by atoms with Crippen molar-refractivity contribution in [2.75, 3.05) is 16.8 Å². The highest BCUT2D eigenvalue weighted by Crippen LogP contribution is 2.32. The molecule has 1 aromatic carbocycles. The van der Waals surface area contributed by atoms with Crippen LogP contribution in [0.1, 0.15) is 31.2 Å². The van der Waals surface area contributed by atoms with Gasteiger partial charge < -0.3 is 10.2 Å². The van der Waals surface area contributed by atoms with Crippen LogP contribution >= 0.6 is 0 Å².